The van der Waals surface area contributed by atoms with E-state index in [0.29, 0.717) is 36.0 Å². The molecule has 128 valence electrons. The van der Waals surface area contributed by atoms with Crippen LogP contribution in [0.15, 0.2) is 46.0 Å². The summed E-state index contributed by atoms with van der Waals surface area (Å²) in [5, 5.41) is 21.4. The molecule has 1 N–H and O–H groups in total. The van der Waals surface area contributed by atoms with Gasteiger partial charge in [0.05, 0.1) is 11.3 Å². The number of benzene rings is 2. The quantitative estimate of drug-likeness (QED) is 0.470. The largest absolute Gasteiger partial charge is 0.486 e. The summed E-state index contributed by atoms with van der Waals surface area (Å²) in [5.41, 5.74) is 3.31. The molecule has 1 aliphatic heterocycles. The first-order valence-electron chi connectivity index (χ1n) is 7.50. The molecule has 0 fully saturated rings. The zero-order valence-corrected chi connectivity index (χ0v) is 14.9. The van der Waals surface area contributed by atoms with Crippen LogP contribution in [0.2, 0.25) is 0 Å². The Labute approximate surface area is 157 Å². The SMILES string of the molecule is N#CC(C#N)=NNc1cc2c(cc1C(=O)c1ccc(Br)cc1)OCCO2. The second-order valence-corrected chi connectivity index (χ2v) is 6.09. The van der Waals surface area contributed by atoms with Gasteiger partial charge in [0.2, 0.25) is 5.71 Å². The van der Waals surface area contributed by atoms with E-state index in [-0.39, 0.29) is 17.1 Å². The Morgan fingerprint density at radius 1 is 1.08 bits per heavy atom. The van der Waals surface area contributed by atoms with Gasteiger partial charge in [0.15, 0.2) is 17.3 Å². The molecule has 26 heavy (non-hydrogen) atoms. The number of nitriles is 2. The van der Waals surface area contributed by atoms with Gasteiger partial charge in [-0.25, -0.2) is 0 Å². The minimum Gasteiger partial charge on any atom is -0.486 e. The van der Waals surface area contributed by atoms with E-state index in [4.69, 9.17) is 20.0 Å². The number of carbonyl (C=O) groups excluding carboxylic acids is 1. The molecule has 0 atom stereocenters. The second kappa shape index (κ2) is 7.68. The maximum atomic E-state index is 12.9. The molecule has 0 unspecified atom stereocenters. The highest BCUT2D eigenvalue weighted by atomic mass is 79.9. The van der Waals surface area contributed by atoms with Gasteiger partial charge in [-0.15, -0.1) is 0 Å². The molecule has 2 aromatic rings. The third-order valence-corrected chi connectivity index (χ3v) is 4.06. The monoisotopic (exact) mass is 410 g/mol. The van der Waals surface area contributed by atoms with E-state index in [9.17, 15) is 4.79 Å². The van der Waals surface area contributed by atoms with Crippen molar-refractivity contribution >= 4 is 33.1 Å². The maximum absolute atomic E-state index is 12.9. The van der Waals surface area contributed by atoms with Crippen molar-refractivity contribution in [3.63, 3.8) is 0 Å². The standard InChI is InChI=1S/C18H11BrN4O3/c19-12-3-1-11(2-4-12)18(24)14-7-16-17(26-6-5-25-16)8-15(14)23-22-13(9-20)10-21/h1-4,7-8,23H,5-6H2. The van der Waals surface area contributed by atoms with Gasteiger partial charge in [-0.2, -0.15) is 15.6 Å². The summed E-state index contributed by atoms with van der Waals surface area (Å²) in [7, 11) is 0. The average Bonchev–Trinajstić information content (AvgIpc) is 2.68. The van der Waals surface area contributed by atoms with Gasteiger partial charge in [-0.1, -0.05) is 15.9 Å². The number of halogens is 1. The fraction of sp³-hybridized carbons (Fsp3) is 0.111. The van der Waals surface area contributed by atoms with Crippen LogP contribution in [0.5, 0.6) is 11.5 Å². The highest BCUT2D eigenvalue weighted by Gasteiger charge is 2.21. The van der Waals surface area contributed by atoms with Crippen LogP contribution in [0.1, 0.15) is 15.9 Å². The first-order valence-corrected chi connectivity index (χ1v) is 8.29. The first kappa shape index (κ1) is 17.5. The molecule has 0 saturated carbocycles. The Kier molecular flexibility index (Phi) is 5.16. The lowest BCUT2D eigenvalue weighted by atomic mass is 10.0. The molecule has 0 bridgehead atoms. The van der Waals surface area contributed by atoms with Gasteiger partial charge in [-0.3, -0.25) is 10.2 Å². The van der Waals surface area contributed by atoms with Gasteiger partial charge in [0.25, 0.3) is 0 Å². The zero-order valence-electron chi connectivity index (χ0n) is 13.3. The van der Waals surface area contributed by atoms with Crippen molar-refractivity contribution in [2.45, 2.75) is 0 Å². The smallest absolute Gasteiger partial charge is 0.237 e. The molecule has 1 aliphatic rings. The summed E-state index contributed by atoms with van der Waals surface area (Å²) in [4.78, 5) is 12.9. The number of ketones is 1. The molecule has 0 aliphatic carbocycles. The van der Waals surface area contributed by atoms with Gasteiger partial charge >= 0.3 is 0 Å². The third-order valence-electron chi connectivity index (χ3n) is 3.53. The predicted molar refractivity (Wildman–Crippen MR) is 97.3 cm³/mol. The van der Waals surface area contributed by atoms with Crippen molar-refractivity contribution in [2.75, 3.05) is 18.6 Å². The first-order chi connectivity index (χ1) is 12.6. The topological polar surface area (TPSA) is 108 Å². The third kappa shape index (κ3) is 3.66. The number of hydrogen-bond donors (Lipinski definition) is 1. The Morgan fingerprint density at radius 3 is 2.31 bits per heavy atom. The highest BCUT2D eigenvalue weighted by Crippen LogP contribution is 2.36. The molecule has 0 aromatic heterocycles. The molecule has 0 amide bonds. The van der Waals surface area contributed by atoms with Crippen LogP contribution in [0.25, 0.3) is 0 Å². The van der Waals surface area contributed by atoms with Gasteiger partial charge in [0, 0.05) is 16.1 Å². The summed E-state index contributed by atoms with van der Waals surface area (Å²) in [6.07, 6.45) is 0. The summed E-state index contributed by atoms with van der Waals surface area (Å²) < 4.78 is 11.9. The molecule has 7 nitrogen and oxygen atoms in total. The molecule has 2 aromatic carbocycles. The fourth-order valence-electron chi connectivity index (χ4n) is 2.32. The molecular weight excluding hydrogens is 400 g/mol. The zero-order chi connectivity index (χ0) is 18.5. The average molecular weight is 411 g/mol. The summed E-state index contributed by atoms with van der Waals surface area (Å²) in [6.45, 7) is 0.772. The molecule has 0 spiro atoms. The van der Waals surface area contributed by atoms with Crippen LogP contribution in [-0.4, -0.2) is 24.7 Å². The van der Waals surface area contributed by atoms with Crippen LogP contribution >= 0.6 is 15.9 Å². The number of nitrogens with zero attached hydrogens (tertiary/aromatic N) is 3. The molecular formula is C18H11BrN4O3. The number of ether oxygens (including phenoxy) is 2. The molecule has 3 rings (SSSR count). The molecule has 0 radical (unpaired) electrons. The lowest BCUT2D eigenvalue weighted by Crippen LogP contribution is -2.17. The van der Waals surface area contributed by atoms with E-state index < -0.39 is 0 Å². The summed E-state index contributed by atoms with van der Waals surface area (Å²) in [5.74, 6) is 0.645. The van der Waals surface area contributed by atoms with Crippen LogP contribution in [0.4, 0.5) is 5.69 Å². The lowest BCUT2D eigenvalue weighted by molar-refractivity contribution is 0.103. The van der Waals surface area contributed by atoms with E-state index in [1.54, 1.807) is 48.5 Å². The van der Waals surface area contributed by atoms with E-state index in [0.717, 1.165) is 4.47 Å². The Hall–Kier alpha value is -3.36. The second-order valence-electron chi connectivity index (χ2n) is 5.17. The van der Waals surface area contributed by atoms with E-state index in [1.165, 1.54) is 0 Å². The number of hydrazone groups is 1. The van der Waals surface area contributed by atoms with E-state index >= 15 is 0 Å². The number of hydrogen-bond acceptors (Lipinski definition) is 7. The Morgan fingerprint density at radius 2 is 1.69 bits per heavy atom. The van der Waals surface area contributed by atoms with Crippen molar-refractivity contribution in [3.8, 4) is 23.6 Å². The normalized spacial score (nSPS) is 11.7. The number of carbonyl (C=O) groups is 1. The van der Waals surface area contributed by atoms with Crippen molar-refractivity contribution in [1.29, 1.82) is 10.5 Å². The predicted octanol–water partition coefficient (Wildman–Crippen LogP) is 3.27. The Balaban J connectivity index is 2.05. The minimum atomic E-state index is -0.359. The fourth-order valence-corrected chi connectivity index (χ4v) is 2.58. The minimum absolute atomic E-state index is 0.261. The number of fused-ring (bicyclic) bond motifs is 1. The van der Waals surface area contributed by atoms with Crippen LogP contribution in [0, 0.1) is 22.7 Å². The van der Waals surface area contributed by atoms with Gasteiger partial charge in [-0.05, 0) is 30.3 Å². The number of rotatable bonds is 4. The van der Waals surface area contributed by atoms with Gasteiger partial charge < -0.3 is 9.47 Å². The van der Waals surface area contributed by atoms with Crippen LogP contribution in [-0.2, 0) is 0 Å². The summed E-state index contributed by atoms with van der Waals surface area (Å²) in [6, 6.07) is 13.3. The lowest BCUT2D eigenvalue weighted by Gasteiger charge is -2.20. The van der Waals surface area contributed by atoms with Gasteiger partial charge in [0.1, 0.15) is 25.4 Å². The van der Waals surface area contributed by atoms with E-state index in [1.807, 2.05) is 0 Å². The van der Waals surface area contributed by atoms with Crippen LogP contribution < -0.4 is 14.9 Å². The molecule has 0 saturated heterocycles. The summed E-state index contributed by atoms with van der Waals surface area (Å²) >= 11 is 3.33. The van der Waals surface area contributed by atoms with Crippen molar-refractivity contribution in [1.82, 2.24) is 0 Å². The van der Waals surface area contributed by atoms with Crippen molar-refractivity contribution in [3.05, 3.63) is 52.0 Å². The maximum Gasteiger partial charge on any atom is 0.237 e. The Bertz CT molecular complexity index is 956. The number of nitrogens with one attached hydrogen (secondary N) is 1. The van der Waals surface area contributed by atoms with Crippen molar-refractivity contribution < 1.29 is 14.3 Å². The van der Waals surface area contributed by atoms with Crippen molar-refractivity contribution in [2.24, 2.45) is 5.10 Å². The molecule has 8 heteroatoms. The van der Waals surface area contributed by atoms with Crippen LogP contribution in [0.3, 0.4) is 0 Å². The number of anilines is 1. The van der Waals surface area contributed by atoms with E-state index in [2.05, 4.69) is 26.5 Å². The highest BCUT2D eigenvalue weighted by molar-refractivity contribution is 9.10. The molecule has 1 heterocycles.